The molecule has 0 unspecified atom stereocenters. The van der Waals surface area contributed by atoms with Crippen LogP contribution < -0.4 is 0 Å². The fourth-order valence-corrected chi connectivity index (χ4v) is 1.95. The molecule has 0 radical (unpaired) electrons. The van der Waals surface area contributed by atoms with Crippen molar-refractivity contribution in [3.63, 3.8) is 0 Å². The number of nitrogens with zero attached hydrogens (tertiary/aromatic N) is 1. The lowest BCUT2D eigenvalue weighted by Crippen LogP contribution is -2.14. The van der Waals surface area contributed by atoms with Crippen molar-refractivity contribution in [3.05, 3.63) is 37.9 Å². The maximum absolute atomic E-state index is 11.1. The van der Waals surface area contributed by atoms with Crippen molar-refractivity contribution in [3.8, 4) is 0 Å². The lowest BCUT2D eigenvalue weighted by atomic mass is 9.91. The molecule has 0 bridgehead atoms. The van der Waals surface area contributed by atoms with Crippen LogP contribution in [-0.4, -0.2) is 27.1 Å². The first kappa shape index (κ1) is 13.6. The SMILES string of the molecule is Cc1c(C)c([N+](=O)[O-])c(C(=O)O)c(C)c1C(=O)O. The van der Waals surface area contributed by atoms with Gasteiger partial charge >= 0.3 is 11.9 Å². The average molecular weight is 253 g/mol. The van der Waals surface area contributed by atoms with E-state index in [1.165, 1.54) is 20.8 Å². The molecule has 0 aromatic heterocycles. The Hall–Kier alpha value is -2.44. The quantitative estimate of drug-likeness (QED) is 0.627. The minimum absolute atomic E-state index is 0.0559. The second-order valence-electron chi connectivity index (χ2n) is 3.84. The van der Waals surface area contributed by atoms with Gasteiger partial charge in [-0.05, 0) is 31.9 Å². The highest BCUT2D eigenvalue weighted by Gasteiger charge is 2.31. The molecular formula is C11H11NO6. The minimum Gasteiger partial charge on any atom is -0.478 e. The summed E-state index contributed by atoms with van der Waals surface area (Å²) in [5, 5.41) is 29.0. The van der Waals surface area contributed by atoms with Gasteiger partial charge in [-0.2, -0.15) is 0 Å². The fraction of sp³-hybridized carbons (Fsp3) is 0.273. The Balaban J connectivity index is 3.94. The van der Waals surface area contributed by atoms with Gasteiger partial charge in [0.25, 0.3) is 5.69 Å². The Morgan fingerprint density at radius 1 is 0.944 bits per heavy atom. The molecule has 0 aliphatic carbocycles. The van der Waals surface area contributed by atoms with Crippen LogP contribution in [0.2, 0.25) is 0 Å². The first-order valence-electron chi connectivity index (χ1n) is 4.94. The number of carboxylic acids is 2. The Morgan fingerprint density at radius 3 is 1.72 bits per heavy atom. The van der Waals surface area contributed by atoms with Gasteiger partial charge in [0, 0.05) is 5.56 Å². The summed E-state index contributed by atoms with van der Waals surface area (Å²) in [7, 11) is 0. The first-order chi connectivity index (χ1) is 8.20. The zero-order valence-corrected chi connectivity index (χ0v) is 9.97. The summed E-state index contributed by atoms with van der Waals surface area (Å²) < 4.78 is 0. The summed E-state index contributed by atoms with van der Waals surface area (Å²) in [5.74, 6) is -2.81. The molecule has 1 rings (SSSR count). The van der Waals surface area contributed by atoms with Crippen LogP contribution in [0.15, 0.2) is 0 Å². The number of hydrogen-bond acceptors (Lipinski definition) is 4. The van der Waals surface area contributed by atoms with Crippen molar-refractivity contribution in [2.45, 2.75) is 20.8 Å². The van der Waals surface area contributed by atoms with Crippen molar-refractivity contribution in [1.82, 2.24) is 0 Å². The number of benzene rings is 1. The number of carboxylic acid groups (broad SMARTS) is 2. The van der Waals surface area contributed by atoms with E-state index in [-0.39, 0.29) is 22.3 Å². The van der Waals surface area contributed by atoms with E-state index in [1.54, 1.807) is 0 Å². The highest BCUT2D eigenvalue weighted by atomic mass is 16.6. The van der Waals surface area contributed by atoms with Crippen LogP contribution in [0.25, 0.3) is 0 Å². The van der Waals surface area contributed by atoms with E-state index >= 15 is 0 Å². The Morgan fingerprint density at radius 2 is 1.39 bits per heavy atom. The molecule has 0 saturated heterocycles. The highest BCUT2D eigenvalue weighted by Crippen LogP contribution is 2.32. The summed E-state index contributed by atoms with van der Waals surface area (Å²) in [6, 6.07) is 0. The van der Waals surface area contributed by atoms with Crippen LogP contribution in [0.3, 0.4) is 0 Å². The predicted molar refractivity (Wildman–Crippen MR) is 61.2 cm³/mol. The van der Waals surface area contributed by atoms with Crippen molar-refractivity contribution in [2.24, 2.45) is 0 Å². The molecule has 7 nitrogen and oxygen atoms in total. The molecular weight excluding hydrogens is 242 g/mol. The molecule has 0 fully saturated rings. The standard InChI is InChI=1S/C11H11NO6/c1-4-5(2)9(12(17)18)8(11(15)16)6(3)7(4)10(13)14/h1-3H3,(H,13,14)(H,15,16). The first-order valence-corrected chi connectivity index (χ1v) is 4.94. The third kappa shape index (κ3) is 1.90. The third-order valence-electron chi connectivity index (χ3n) is 2.89. The molecule has 2 N–H and O–H groups in total. The highest BCUT2D eigenvalue weighted by molar-refractivity contribution is 6.01. The van der Waals surface area contributed by atoms with Gasteiger partial charge in [0.2, 0.25) is 0 Å². The van der Waals surface area contributed by atoms with E-state index in [2.05, 4.69) is 0 Å². The van der Waals surface area contributed by atoms with Gasteiger partial charge in [-0.15, -0.1) is 0 Å². The lowest BCUT2D eigenvalue weighted by Gasteiger charge is -2.12. The van der Waals surface area contributed by atoms with Gasteiger partial charge in [-0.25, -0.2) is 9.59 Å². The van der Waals surface area contributed by atoms with Gasteiger partial charge < -0.3 is 10.2 Å². The van der Waals surface area contributed by atoms with Crippen molar-refractivity contribution < 1.29 is 24.7 Å². The average Bonchev–Trinajstić information content (AvgIpc) is 2.21. The minimum atomic E-state index is -1.51. The Kier molecular flexibility index (Phi) is 3.36. The summed E-state index contributed by atoms with van der Waals surface area (Å²) in [5.41, 5.74) is -1.17. The summed E-state index contributed by atoms with van der Waals surface area (Å²) in [6.07, 6.45) is 0. The molecule has 0 aliphatic rings. The van der Waals surface area contributed by atoms with Crippen LogP contribution in [0.5, 0.6) is 0 Å². The molecule has 1 aromatic carbocycles. The van der Waals surface area contributed by atoms with Crippen LogP contribution in [0, 0.1) is 30.9 Å². The number of rotatable bonds is 3. The smallest absolute Gasteiger partial charge is 0.343 e. The zero-order valence-electron chi connectivity index (χ0n) is 9.97. The van der Waals surface area contributed by atoms with E-state index < -0.39 is 28.1 Å². The molecule has 0 amide bonds. The maximum atomic E-state index is 11.1. The number of nitro groups is 1. The second-order valence-corrected chi connectivity index (χ2v) is 3.84. The summed E-state index contributed by atoms with van der Waals surface area (Å²) >= 11 is 0. The number of nitro benzene ring substituents is 1. The molecule has 0 saturated carbocycles. The maximum Gasteiger partial charge on any atom is 0.343 e. The van der Waals surface area contributed by atoms with Gasteiger partial charge in [0.1, 0.15) is 5.56 Å². The molecule has 0 aliphatic heterocycles. The monoisotopic (exact) mass is 253 g/mol. The molecule has 7 heteroatoms. The second kappa shape index (κ2) is 4.44. The summed E-state index contributed by atoms with van der Waals surface area (Å²) in [6.45, 7) is 4.02. The van der Waals surface area contributed by atoms with Crippen LogP contribution in [0.4, 0.5) is 5.69 Å². The predicted octanol–water partition coefficient (Wildman–Crippen LogP) is 1.92. The van der Waals surface area contributed by atoms with E-state index in [1.807, 2.05) is 0 Å². The normalized spacial score (nSPS) is 10.2. The zero-order chi connectivity index (χ0) is 14.2. The third-order valence-corrected chi connectivity index (χ3v) is 2.89. The molecule has 0 spiro atoms. The fourth-order valence-electron chi connectivity index (χ4n) is 1.95. The Labute approximate surface area is 102 Å². The van der Waals surface area contributed by atoms with E-state index in [4.69, 9.17) is 10.2 Å². The van der Waals surface area contributed by atoms with Crippen LogP contribution in [-0.2, 0) is 0 Å². The molecule has 0 heterocycles. The van der Waals surface area contributed by atoms with E-state index in [0.29, 0.717) is 0 Å². The van der Waals surface area contributed by atoms with Gasteiger partial charge in [-0.1, -0.05) is 0 Å². The van der Waals surface area contributed by atoms with Crippen molar-refractivity contribution >= 4 is 17.6 Å². The Bertz CT molecular complexity index is 576. The number of hydrogen-bond donors (Lipinski definition) is 2. The number of aromatic carboxylic acids is 2. The van der Waals surface area contributed by atoms with Gasteiger partial charge in [-0.3, -0.25) is 10.1 Å². The van der Waals surface area contributed by atoms with Crippen LogP contribution in [0.1, 0.15) is 37.4 Å². The van der Waals surface area contributed by atoms with Gasteiger partial charge in [0.05, 0.1) is 10.5 Å². The van der Waals surface area contributed by atoms with E-state index in [0.717, 1.165) is 0 Å². The molecule has 18 heavy (non-hydrogen) atoms. The largest absolute Gasteiger partial charge is 0.478 e. The van der Waals surface area contributed by atoms with Gasteiger partial charge in [0.15, 0.2) is 0 Å². The summed E-state index contributed by atoms with van der Waals surface area (Å²) in [4.78, 5) is 32.3. The molecule has 96 valence electrons. The van der Waals surface area contributed by atoms with E-state index in [9.17, 15) is 19.7 Å². The lowest BCUT2D eigenvalue weighted by molar-refractivity contribution is -0.385. The topological polar surface area (TPSA) is 118 Å². The molecule has 0 atom stereocenters. The van der Waals surface area contributed by atoms with Crippen molar-refractivity contribution in [1.29, 1.82) is 0 Å². The van der Waals surface area contributed by atoms with Crippen molar-refractivity contribution in [2.75, 3.05) is 0 Å². The molecule has 1 aromatic rings. The number of carbonyl (C=O) groups is 2. The van der Waals surface area contributed by atoms with Crippen LogP contribution >= 0.6 is 0 Å².